The van der Waals surface area contributed by atoms with Gasteiger partial charge in [-0.05, 0) is 32.7 Å². The summed E-state index contributed by atoms with van der Waals surface area (Å²) in [6.45, 7) is 9.18. The van der Waals surface area contributed by atoms with Gasteiger partial charge in [0, 0.05) is 12.0 Å². The van der Waals surface area contributed by atoms with E-state index in [1.54, 1.807) is 0 Å². The smallest absolute Gasteiger partial charge is 0.243 e. The summed E-state index contributed by atoms with van der Waals surface area (Å²) in [4.78, 5) is 6.74. The van der Waals surface area contributed by atoms with E-state index < -0.39 is 0 Å². The Morgan fingerprint density at radius 2 is 2.00 bits per heavy atom. The lowest BCUT2D eigenvalue weighted by Crippen LogP contribution is -2.36. The van der Waals surface area contributed by atoms with Crippen LogP contribution in [0, 0.1) is 5.92 Å². The minimum absolute atomic E-state index is 0.0720. The summed E-state index contributed by atoms with van der Waals surface area (Å²) >= 11 is 0. The van der Waals surface area contributed by atoms with Crippen LogP contribution in [0.2, 0.25) is 0 Å². The van der Waals surface area contributed by atoms with E-state index >= 15 is 0 Å². The first kappa shape index (κ1) is 16.4. The lowest BCUT2D eigenvalue weighted by molar-refractivity contribution is 0.0415. The molecule has 3 atom stereocenters. The summed E-state index contributed by atoms with van der Waals surface area (Å²) in [6.07, 6.45) is 4.24. The van der Waals surface area contributed by atoms with Crippen LogP contribution in [0.3, 0.4) is 0 Å². The Balaban J connectivity index is 1.98. The van der Waals surface area contributed by atoms with Gasteiger partial charge in [-0.25, -0.2) is 0 Å². The Labute approximate surface area is 127 Å². The van der Waals surface area contributed by atoms with Crippen molar-refractivity contribution in [2.45, 2.75) is 70.9 Å². The molecule has 1 aliphatic rings. The van der Waals surface area contributed by atoms with Gasteiger partial charge in [-0.2, -0.15) is 4.98 Å². The summed E-state index contributed by atoms with van der Waals surface area (Å²) < 4.78 is 5.42. The van der Waals surface area contributed by atoms with E-state index in [9.17, 15) is 5.11 Å². The van der Waals surface area contributed by atoms with Crippen LogP contribution in [0.15, 0.2) is 4.52 Å². The standard InChI is InChI=1S/C16H29N3O2/c1-11(14-17-15(18-21-14)16(2,3)4)19(5)10-12-8-6-7-9-13(12)20/h11-13,20H,6-10H2,1-5H3. The summed E-state index contributed by atoms with van der Waals surface area (Å²) in [6, 6.07) is 0.0720. The van der Waals surface area contributed by atoms with Crippen LogP contribution in [-0.4, -0.2) is 39.8 Å². The molecule has 0 amide bonds. The Hall–Kier alpha value is -0.940. The molecule has 5 nitrogen and oxygen atoms in total. The molecule has 0 aliphatic heterocycles. The molecule has 0 spiro atoms. The molecule has 3 unspecified atom stereocenters. The van der Waals surface area contributed by atoms with Gasteiger partial charge in [0.25, 0.3) is 0 Å². The molecule has 5 heteroatoms. The predicted octanol–water partition coefficient (Wildman–Crippen LogP) is 2.91. The van der Waals surface area contributed by atoms with Crippen molar-refractivity contribution in [3.8, 4) is 0 Å². The number of nitrogens with zero attached hydrogens (tertiary/aromatic N) is 3. The lowest BCUT2D eigenvalue weighted by Gasteiger charge is -2.32. The van der Waals surface area contributed by atoms with Gasteiger partial charge in [0.15, 0.2) is 5.82 Å². The van der Waals surface area contributed by atoms with Crippen LogP contribution in [-0.2, 0) is 5.41 Å². The molecule has 0 bridgehead atoms. The van der Waals surface area contributed by atoms with E-state index in [0.717, 1.165) is 31.6 Å². The van der Waals surface area contributed by atoms with E-state index in [4.69, 9.17) is 4.52 Å². The molecule has 1 heterocycles. The Morgan fingerprint density at radius 3 is 2.57 bits per heavy atom. The first-order valence-electron chi connectivity index (χ1n) is 8.01. The van der Waals surface area contributed by atoms with E-state index in [-0.39, 0.29) is 17.6 Å². The maximum absolute atomic E-state index is 10.1. The molecule has 1 aromatic heterocycles. The largest absolute Gasteiger partial charge is 0.393 e. The van der Waals surface area contributed by atoms with E-state index in [2.05, 4.69) is 49.8 Å². The Bertz CT molecular complexity index is 453. The lowest BCUT2D eigenvalue weighted by atomic mass is 9.86. The van der Waals surface area contributed by atoms with Gasteiger partial charge in [0.2, 0.25) is 5.89 Å². The number of hydrogen-bond acceptors (Lipinski definition) is 5. The Morgan fingerprint density at radius 1 is 1.33 bits per heavy atom. The highest BCUT2D eigenvalue weighted by atomic mass is 16.5. The quantitative estimate of drug-likeness (QED) is 0.925. The molecule has 21 heavy (non-hydrogen) atoms. The second kappa shape index (κ2) is 6.44. The van der Waals surface area contributed by atoms with Crippen molar-refractivity contribution in [3.63, 3.8) is 0 Å². The van der Waals surface area contributed by atoms with Crippen molar-refractivity contribution in [1.29, 1.82) is 0 Å². The average molecular weight is 295 g/mol. The molecular weight excluding hydrogens is 266 g/mol. The van der Waals surface area contributed by atoms with Gasteiger partial charge in [-0.15, -0.1) is 0 Å². The molecular formula is C16H29N3O2. The van der Waals surface area contributed by atoms with Crippen LogP contribution < -0.4 is 0 Å². The molecule has 0 saturated heterocycles. The highest BCUT2D eigenvalue weighted by Gasteiger charge is 2.28. The van der Waals surface area contributed by atoms with Crippen LogP contribution >= 0.6 is 0 Å². The number of aliphatic hydroxyl groups is 1. The minimum atomic E-state index is -0.166. The summed E-state index contributed by atoms with van der Waals surface area (Å²) in [7, 11) is 2.06. The van der Waals surface area contributed by atoms with E-state index in [1.165, 1.54) is 6.42 Å². The van der Waals surface area contributed by atoms with Gasteiger partial charge in [0.05, 0.1) is 12.1 Å². The van der Waals surface area contributed by atoms with Crippen molar-refractivity contribution in [3.05, 3.63) is 11.7 Å². The predicted molar refractivity (Wildman–Crippen MR) is 82.0 cm³/mol. The fourth-order valence-corrected chi connectivity index (χ4v) is 2.83. The van der Waals surface area contributed by atoms with Crippen molar-refractivity contribution < 1.29 is 9.63 Å². The number of aromatic nitrogens is 2. The highest BCUT2D eigenvalue weighted by molar-refractivity contribution is 5.01. The van der Waals surface area contributed by atoms with Gasteiger partial charge < -0.3 is 9.63 Å². The van der Waals surface area contributed by atoms with Gasteiger partial charge in [-0.3, -0.25) is 4.90 Å². The van der Waals surface area contributed by atoms with Gasteiger partial charge in [-0.1, -0.05) is 38.8 Å². The third-order valence-corrected chi connectivity index (χ3v) is 4.52. The highest BCUT2D eigenvalue weighted by Crippen LogP contribution is 2.28. The van der Waals surface area contributed by atoms with Crippen molar-refractivity contribution in [1.82, 2.24) is 15.0 Å². The average Bonchev–Trinajstić information content (AvgIpc) is 2.90. The zero-order valence-electron chi connectivity index (χ0n) is 14.0. The Kier molecular flexibility index (Phi) is 5.04. The summed E-state index contributed by atoms with van der Waals surface area (Å²) in [5.74, 6) is 1.76. The maximum Gasteiger partial charge on any atom is 0.243 e. The molecule has 0 radical (unpaired) electrons. The van der Waals surface area contributed by atoms with Crippen molar-refractivity contribution >= 4 is 0 Å². The molecule has 1 saturated carbocycles. The molecule has 120 valence electrons. The second-order valence-electron chi connectivity index (χ2n) is 7.43. The van der Waals surface area contributed by atoms with Crippen LogP contribution in [0.5, 0.6) is 0 Å². The van der Waals surface area contributed by atoms with E-state index in [0.29, 0.717) is 11.8 Å². The summed E-state index contributed by atoms with van der Waals surface area (Å²) in [5.41, 5.74) is -0.0976. The summed E-state index contributed by atoms with van der Waals surface area (Å²) in [5, 5.41) is 14.2. The molecule has 2 rings (SSSR count). The molecule has 1 fully saturated rings. The van der Waals surface area contributed by atoms with Gasteiger partial charge in [0.1, 0.15) is 0 Å². The minimum Gasteiger partial charge on any atom is -0.393 e. The monoisotopic (exact) mass is 295 g/mol. The third kappa shape index (κ3) is 4.04. The molecule has 1 aliphatic carbocycles. The first-order chi connectivity index (χ1) is 9.79. The number of aliphatic hydroxyl groups excluding tert-OH is 1. The fraction of sp³-hybridized carbons (Fsp3) is 0.875. The van der Waals surface area contributed by atoms with Crippen LogP contribution in [0.1, 0.15) is 71.1 Å². The molecule has 0 aromatic carbocycles. The van der Waals surface area contributed by atoms with E-state index in [1.807, 2.05) is 0 Å². The number of rotatable bonds is 4. The van der Waals surface area contributed by atoms with Crippen molar-refractivity contribution in [2.75, 3.05) is 13.6 Å². The maximum atomic E-state index is 10.1. The van der Waals surface area contributed by atoms with Crippen LogP contribution in [0.25, 0.3) is 0 Å². The fourth-order valence-electron chi connectivity index (χ4n) is 2.83. The van der Waals surface area contributed by atoms with Gasteiger partial charge >= 0.3 is 0 Å². The molecule has 1 aromatic rings. The second-order valence-corrected chi connectivity index (χ2v) is 7.43. The first-order valence-corrected chi connectivity index (χ1v) is 8.01. The third-order valence-electron chi connectivity index (χ3n) is 4.52. The zero-order valence-corrected chi connectivity index (χ0v) is 14.0. The van der Waals surface area contributed by atoms with Crippen molar-refractivity contribution in [2.24, 2.45) is 5.92 Å². The number of hydrogen-bond donors (Lipinski definition) is 1. The van der Waals surface area contributed by atoms with Crippen LogP contribution in [0.4, 0.5) is 0 Å². The molecule has 1 N–H and O–H groups in total. The topological polar surface area (TPSA) is 62.4 Å². The zero-order chi connectivity index (χ0) is 15.6. The normalized spacial score (nSPS) is 25.3. The SMILES string of the molecule is CC(c1nc(C(C)(C)C)no1)N(C)CC1CCCCC1O.